The zero-order valence-electron chi connectivity index (χ0n) is 15.7. The number of methoxy groups -OCH3 is 1. The van der Waals surface area contributed by atoms with Crippen molar-refractivity contribution < 1.29 is 9.53 Å². The summed E-state index contributed by atoms with van der Waals surface area (Å²) in [5.41, 5.74) is 4.04. The van der Waals surface area contributed by atoms with E-state index in [0.717, 1.165) is 11.4 Å². The number of hydrogen-bond acceptors (Lipinski definition) is 4. The number of rotatable bonds is 6. The van der Waals surface area contributed by atoms with Gasteiger partial charge >= 0.3 is 0 Å². The fourth-order valence-corrected chi connectivity index (χ4v) is 2.65. The Hall–Kier alpha value is -3.34. The molecule has 0 saturated carbocycles. The van der Waals surface area contributed by atoms with Crippen molar-refractivity contribution in [1.29, 1.82) is 0 Å². The van der Waals surface area contributed by atoms with E-state index in [-0.39, 0.29) is 5.91 Å². The Morgan fingerprint density at radius 3 is 2.44 bits per heavy atom. The molecule has 3 aromatic rings. The van der Waals surface area contributed by atoms with E-state index in [9.17, 15) is 4.79 Å². The predicted molar refractivity (Wildman–Crippen MR) is 109 cm³/mol. The first kappa shape index (κ1) is 18.5. The second-order valence-electron chi connectivity index (χ2n) is 6.52. The number of carbonyl (C=O) groups is 1. The summed E-state index contributed by atoms with van der Waals surface area (Å²) in [6.45, 7) is 4.33. The van der Waals surface area contributed by atoms with Crippen LogP contribution in [-0.4, -0.2) is 18.0 Å². The molecule has 138 valence electrons. The van der Waals surface area contributed by atoms with Gasteiger partial charge in [-0.25, -0.2) is 0 Å². The second-order valence-corrected chi connectivity index (χ2v) is 6.52. The van der Waals surface area contributed by atoms with Crippen molar-refractivity contribution in [2.24, 2.45) is 0 Å². The fraction of sp³-hybridized carbons (Fsp3) is 0.182. The number of benzene rings is 2. The van der Waals surface area contributed by atoms with Crippen molar-refractivity contribution in [2.75, 3.05) is 17.7 Å². The van der Waals surface area contributed by atoms with Gasteiger partial charge in [0.05, 0.1) is 7.11 Å². The van der Waals surface area contributed by atoms with E-state index < -0.39 is 0 Å². The largest absolute Gasteiger partial charge is 0.497 e. The van der Waals surface area contributed by atoms with Crippen LogP contribution in [0.1, 0.15) is 35.8 Å². The fourth-order valence-electron chi connectivity index (χ4n) is 2.65. The van der Waals surface area contributed by atoms with Crippen LogP contribution in [0.15, 0.2) is 66.9 Å². The van der Waals surface area contributed by atoms with E-state index in [0.29, 0.717) is 23.0 Å². The molecule has 27 heavy (non-hydrogen) atoms. The second kappa shape index (κ2) is 8.36. The highest BCUT2D eigenvalue weighted by Gasteiger charge is 2.09. The standard InChI is InChI=1S/C22H23N3O2/c1-15(2)16-7-9-17(10-8-16)24-19-11-12-23-21(14-19)22(26)25-18-5-4-6-20(13-18)27-3/h4-15H,1-3H3,(H,23,24)(H,25,26). The number of anilines is 3. The van der Waals surface area contributed by atoms with Gasteiger partial charge in [0, 0.05) is 29.3 Å². The van der Waals surface area contributed by atoms with E-state index in [4.69, 9.17) is 4.74 Å². The molecular formula is C22H23N3O2. The molecule has 5 nitrogen and oxygen atoms in total. The van der Waals surface area contributed by atoms with Crippen LogP contribution in [0.5, 0.6) is 5.75 Å². The minimum absolute atomic E-state index is 0.276. The number of hydrogen-bond donors (Lipinski definition) is 2. The molecule has 5 heteroatoms. The smallest absolute Gasteiger partial charge is 0.274 e. The summed E-state index contributed by atoms with van der Waals surface area (Å²) < 4.78 is 5.17. The van der Waals surface area contributed by atoms with Crippen molar-refractivity contribution in [3.05, 3.63) is 78.1 Å². The van der Waals surface area contributed by atoms with Crippen molar-refractivity contribution in [2.45, 2.75) is 19.8 Å². The van der Waals surface area contributed by atoms with Crippen LogP contribution in [0.4, 0.5) is 17.1 Å². The molecule has 3 rings (SSSR count). The molecular weight excluding hydrogens is 338 g/mol. The Bertz CT molecular complexity index is 921. The summed E-state index contributed by atoms with van der Waals surface area (Å²) in [5, 5.41) is 6.14. The molecule has 1 amide bonds. The van der Waals surface area contributed by atoms with E-state index in [2.05, 4.69) is 41.6 Å². The van der Waals surface area contributed by atoms with Gasteiger partial charge in [0.2, 0.25) is 0 Å². The lowest BCUT2D eigenvalue weighted by molar-refractivity contribution is 0.102. The quantitative estimate of drug-likeness (QED) is 0.633. The molecule has 0 unspecified atom stereocenters. The van der Waals surface area contributed by atoms with Crippen LogP contribution in [-0.2, 0) is 0 Å². The SMILES string of the molecule is COc1cccc(NC(=O)c2cc(Nc3ccc(C(C)C)cc3)ccn2)c1. The summed E-state index contributed by atoms with van der Waals surface area (Å²) in [4.78, 5) is 16.7. The lowest BCUT2D eigenvalue weighted by atomic mass is 10.0. The van der Waals surface area contributed by atoms with Crippen LogP contribution in [0.25, 0.3) is 0 Å². The van der Waals surface area contributed by atoms with Gasteiger partial charge in [-0.2, -0.15) is 0 Å². The molecule has 2 N–H and O–H groups in total. The molecule has 1 aromatic heterocycles. The zero-order valence-corrected chi connectivity index (χ0v) is 15.7. The maximum atomic E-state index is 12.5. The molecule has 1 heterocycles. The van der Waals surface area contributed by atoms with Gasteiger partial charge in [-0.15, -0.1) is 0 Å². The molecule has 2 aromatic carbocycles. The monoisotopic (exact) mass is 361 g/mol. The number of pyridine rings is 1. The molecule has 0 aliphatic heterocycles. The highest BCUT2D eigenvalue weighted by Crippen LogP contribution is 2.21. The average molecular weight is 361 g/mol. The van der Waals surface area contributed by atoms with Crippen molar-refractivity contribution in [1.82, 2.24) is 4.98 Å². The number of carbonyl (C=O) groups excluding carboxylic acids is 1. The number of aromatic nitrogens is 1. The molecule has 0 aliphatic carbocycles. The third-order valence-corrected chi connectivity index (χ3v) is 4.19. The Labute approximate surface area is 159 Å². The molecule has 0 fully saturated rings. The Morgan fingerprint density at radius 2 is 1.74 bits per heavy atom. The summed E-state index contributed by atoms with van der Waals surface area (Å²) in [5.74, 6) is 0.898. The van der Waals surface area contributed by atoms with Gasteiger partial charge in [-0.05, 0) is 47.9 Å². The normalized spacial score (nSPS) is 10.5. The topological polar surface area (TPSA) is 63.2 Å². The number of nitrogens with zero attached hydrogens (tertiary/aromatic N) is 1. The minimum Gasteiger partial charge on any atom is -0.497 e. The van der Waals surface area contributed by atoms with Crippen LogP contribution in [0.2, 0.25) is 0 Å². The first-order valence-electron chi connectivity index (χ1n) is 8.83. The third-order valence-electron chi connectivity index (χ3n) is 4.19. The van der Waals surface area contributed by atoms with Crippen molar-refractivity contribution >= 4 is 23.0 Å². The number of ether oxygens (including phenoxy) is 1. The number of amides is 1. The Kier molecular flexibility index (Phi) is 5.71. The Balaban J connectivity index is 1.71. The molecule has 0 radical (unpaired) electrons. The first-order valence-corrected chi connectivity index (χ1v) is 8.83. The van der Waals surface area contributed by atoms with E-state index in [1.54, 1.807) is 31.5 Å². The van der Waals surface area contributed by atoms with Gasteiger partial charge in [-0.3, -0.25) is 9.78 Å². The van der Waals surface area contributed by atoms with Crippen LogP contribution < -0.4 is 15.4 Å². The molecule has 0 atom stereocenters. The lowest BCUT2D eigenvalue weighted by Gasteiger charge is -2.11. The molecule has 0 aliphatic rings. The molecule has 0 spiro atoms. The van der Waals surface area contributed by atoms with E-state index >= 15 is 0 Å². The van der Waals surface area contributed by atoms with Gasteiger partial charge in [0.25, 0.3) is 5.91 Å². The third kappa shape index (κ3) is 4.85. The number of nitrogens with one attached hydrogen (secondary N) is 2. The minimum atomic E-state index is -0.276. The predicted octanol–water partition coefficient (Wildman–Crippen LogP) is 5.21. The average Bonchev–Trinajstić information content (AvgIpc) is 2.68. The Morgan fingerprint density at radius 1 is 0.963 bits per heavy atom. The van der Waals surface area contributed by atoms with Gasteiger partial charge in [-0.1, -0.05) is 32.0 Å². The van der Waals surface area contributed by atoms with Crippen LogP contribution in [0, 0.1) is 0 Å². The summed E-state index contributed by atoms with van der Waals surface area (Å²) in [6, 6.07) is 19.0. The van der Waals surface area contributed by atoms with E-state index in [1.165, 1.54) is 5.56 Å². The molecule has 0 saturated heterocycles. The van der Waals surface area contributed by atoms with E-state index in [1.807, 2.05) is 30.3 Å². The van der Waals surface area contributed by atoms with Crippen molar-refractivity contribution in [3.8, 4) is 5.75 Å². The first-order chi connectivity index (χ1) is 13.0. The molecule has 0 bridgehead atoms. The highest BCUT2D eigenvalue weighted by molar-refractivity contribution is 6.03. The van der Waals surface area contributed by atoms with Crippen LogP contribution in [0.3, 0.4) is 0 Å². The summed E-state index contributed by atoms with van der Waals surface area (Å²) in [7, 11) is 1.59. The maximum Gasteiger partial charge on any atom is 0.274 e. The summed E-state index contributed by atoms with van der Waals surface area (Å²) in [6.07, 6.45) is 1.62. The zero-order chi connectivity index (χ0) is 19.2. The van der Waals surface area contributed by atoms with Gasteiger partial charge in [0.15, 0.2) is 0 Å². The van der Waals surface area contributed by atoms with Crippen LogP contribution >= 0.6 is 0 Å². The van der Waals surface area contributed by atoms with Crippen molar-refractivity contribution in [3.63, 3.8) is 0 Å². The maximum absolute atomic E-state index is 12.5. The summed E-state index contributed by atoms with van der Waals surface area (Å²) >= 11 is 0. The van der Waals surface area contributed by atoms with Gasteiger partial charge in [0.1, 0.15) is 11.4 Å². The highest BCUT2D eigenvalue weighted by atomic mass is 16.5. The lowest BCUT2D eigenvalue weighted by Crippen LogP contribution is -2.13. The van der Waals surface area contributed by atoms with Gasteiger partial charge < -0.3 is 15.4 Å².